The highest BCUT2D eigenvalue weighted by molar-refractivity contribution is 7.80. The quantitative estimate of drug-likeness (QED) is 0.0394. The number of amides is 10. The molecule has 0 bridgehead atoms. The highest BCUT2D eigenvalue weighted by atomic mass is 32.1. The standard InChI is InChI=1S/C70H88N12O20S/c1-39-64(96)81-32-13-16-52(81)67(99)82-33-12-15-51(82)66(98)79(38-56(87)75-48(61(71)93)24-26-58(89)90)30-10-6-4-3-5-9-29-78(37-55(86)76-49(25-27-59(91)92)65(97)80-31-11-14-50(80)62(94)77-60(40(2)83)63(95)73-39)57(88)17-7-8-28-72-69(103)74-41-18-21-44-47(34-41)70(102-68(44)100)45-22-19-42(84)35-53(45)101-54-36-43(85)20-23-46(54)70/h6,10,18-23,34-36,39-40,48-52,60,83-85H,3-5,7-9,11-17,24-33,37-38H2,1-2H3,(H2,71,93)(H,73,95)(H,75,87)(H,76,86)(H,77,94)(H,89,90)(H,91,92)(H2,72,74,103)/b10-6+/t39-,40+,48-,49-,50-,51-,52-,60-/m0/s1. The first kappa shape index (κ1) is 76.7. The number of carbonyl (C=O) groups excluding carboxylic acids is 11. The molecule has 554 valence electrons. The lowest BCUT2D eigenvalue weighted by molar-refractivity contribution is -0.150. The van der Waals surface area contributed by atoms with Gasteiger partial charge < -0.3 is 97.1 Å². The molecule has 3 aromatic carbocycles. The predicted octanol–water partition coefficient (Wildman–Crippen LogP) is 1.44. The van der Waals surface area contributed by atoms with E-state index in [1.54, 1.807) is 42.5 Å². The van der Waals surface area contributed by atoms with Gasteiger partial charge in [0.05, 0.1) is 24.8 Å². The number of unbranched alkanes of at least 4 members (excludes halogenated alkanes) is 1. The van der Waals surface area contributed by atoms with Crippen LogP contribution >= 0.6 is 12.2 Å². The minimum Gasteiger partial charge on any atom is -0.508 e. The molecule has 3 saturated heterocycles. The molecule has 0 saturated carbocycles. The fraction of sp³-hybridized carbons (Fsp3) is 0.514. The Morgan fingerprint density at radius 1 is 0.689 bits per heavy atom. The number of aliphatic carboxylic acids is 2. The molecule has 6 aliphatic rings. The number of phenolic OH excluding ortho intramolecular Hbond substituents is 2. The minimum atomic E-state index is -1.69. The van der Waals surface area contributed by atoms with Crippen LogP contribution in [-0.4, -0.2) is 233 Å². The van der Waals surface area contributed by atoms with E-state index in [0.717, 1.165) is 4.90 Å². The molecule has 103 heavy (non-hydrogen) atoms. The van der Waals surface area contributed by atoms with Crippen LogP contribution in [-0.2, 0) is 67.9 Å². The Hall–Kier alpha value is -10.4. The number of hydrogen-bond acceptors (Lipinski definition) is 19. The smallest absolute Gasteiger partial charge is 0.340 e. The molecule has 13 N–H and O–H groups in total. The van der Waals surface area contributed by atoms with E-state index in [9.17, 15) is 87.9 Å². The number of carboxylic acid groups (broad SMARTS) is 2. The molecule has 0 aliphatic carbocycles. The van der Waals surface area contributed by atoms with E-state index in [2.05, 4.69) is 31.9 Å². The van der Waals surface area contributed by atoms with Crippen molar-refractivity contribution in [2.45, 2.75) is 177 Å². The Morgan fingerprint density at radius 3 is 1.96 bits per heavy atom. The third kappa shape index (κ3) is 18.6. The molecule has 6 heterocycles. The summed E-state index contributed by atoms with van der Waals surface area (Å²) < 4.78 is 12.3. The first-order chi connectivity index (χ1) is 49.1. The summed E-state index contributed by atoms with van der Waals surface area (Å²) in [6.45, 7) is 1.75. The summed E-state index contributed by atoms with van der Waals surface area (Å²) in [5.74, 6) is -10.6. The van der Waals surface area contributed by atoms with Gasteiger partial charge in [-0.3, -0.25) is 57.5 Å². The summed E-state index contributed by atoms with van der Waals surface area (Å²) in [6.07, 6.45) is 3.94. The van der Waals surface area contributed by atoms with Gasteiger partial charge in [0, 0.05) is 93.0 Å². The number of carboxylic acids is 2. The number of aromatic hydroxyl groups is 2. The van der Waals surface area contributed by atoms with Gasteiger partial charge in [-0.2, -0.15) is 0 Å². The Kier molecular flexibility index (Phi) is 25.7. The molecule has 8 atom stereocenters. The number of carbonyl (C=O) groups is 13. The molecule has 0 unspecified atom stereocenters. The van der Waals surface area contributed by atoms with E-state index in [0.29, 0.717) is 73.7 Å². The number of rotatable bonds is 17. The van der Waals surface area contributed by atoms with E-state index in [4.69, 9.17) is 27.4 Å². The van der Waals surface area contributed by atoms with Gasteiger partial charge in [0.25, 0.3) is 0 Å². The van der Waals surface area contributed by atoms with Gasteiger partial charge in [-0.25, -0.2) is 4.79 Å². The first-order valence-electron chi connectivity index (χ1n) is 34.7. The monoisotopic (exact) mass is 1450 g/mol. The van der Waals surface area contributed by atoms with Gasteiger partial charge in [-0.1, -0.05) is 18.6 Å². The van der Waals surface area contributed by atoms with Crippen LogP contribution in [0.5, 0.6) is 23.0 Å². The summed E-state index contributed by atoms with van der Waals surface area (Å²) in [6, 6.07) is 4.42. The maximum absolute atomic E-state index is 14.7. The topological polar surface area (TPSA) is 456 Å². The normalized spacial score (nSPS) is 23.0. The second kappa shape index (κ2) is 34.5. The summed E-state index contributed by atoms with van der Waals surface area (Å²) >= 11 is 5.68. The Morgan fingerprint density at radius 2 is 1.32 bits per heavy atom. The fourth-order valence-corrected chi connectivity index (χ4v) is 14.2. The number of esters is 1. The number of allylic oxidation sites excluding steroid dienone is 1. The number of thiocarbonyl (C=S) groups is 1. The average Bonchev–Trinajstić information content (AvgIpc) is 1.61. The number of primary amides is 1. The number of nitrogens with zero attached hydrogens (tertiary/aromatic N) is 5. The molecule has 33 heteroatoms. The van der Waals surface area contributed by atoms with Crippen LogP contribution in [0.3, 0.4) is 0 Å². The van der Waals surface area contributed by atoms with Crippen LogP contribution in [0.25, 0.3) is 0 Å². The second-order valence-corrected chi connectivity index (χ2v) is 26.9. The highest BCUT2D eigenvalue weighted by Gasteiger charge is 2.54. The maximum Gasteiger partial charge on any atom is 0.340 e. The van der Waals surface area contributed by atoms with Crippen molar-refractivity contribution in [1.82, 2.24) is 51.1 Å². The van der Waals surface area contributed by atoms with Crippen molar-refractivity contribution in [3.8, 4) is 23.0 Å². The van der Waals surface area contributed by atoms with Crippen LogP contribution in [0.4, 0.5) is 5.69 Å². The summed E-state index contributed by atoms with van der Waals surface area (Å²) in [5, 5.41) is 67.2. The molecule has 0 radical (unpaired) electrons. The molecule has 3 fully saturated rings. The lowest BCUT2D eigenvalue weighted by atomic mass is 9.77. The number of anilines is 1. The van der Waals surface area contributed by atoms with Crippen molar-refractivity contribution in [2.24, 2.45) is 5.73 Å². The number of hydrogen-bond donors (Lipinski definition) is 12. The Bertz CT molecular complexity index is 3780. The van der Waals surface area contributed by atoms with Gasteiger partial charge in [-0.05, 0) is 152 Å². The van der Waals surface area contributed by atoms with Crippen molar-refractivity contribution in [2.75, 3.05) is 57.7 Å². The second-order valence-electron chi connectivity index (χ2n) is 26.5. The minimum absolute atomic E-state index is 0.00922. The molecule has 10 amide bonds. The van der Waals surface area contributed by atoms with E-state index in [-0.39, 0.29) is 111 Å². The van der Waals surface area contributed by atoms with Gasteiger partial charge in [-0.15, -0.1) is 0 Å². The van der Waals surface area contributed by atoms with Crippen LogP contribution in [0.15, 0.2) is 66.7 Å². The number of benzene rings is 3. The molecule has 1 spiro atoms. The molecule has 3 aromatic rings. The molecule has 0 aromatic heterocycles. The van der Waals surface area contributed by atoms with Crippen molar-refractivity contribution in [1.29, 1.82) is 0 Å². The number of fused-ring (bicyclic) bond motifs is 9. The van der Waals surface area contributed by atoms with Gasteiger partial charge in [0.15, 0.2) is 10.7 Å². The summed E-state index contributed by atoms with van der Waals surface area (Å²) in [5.41, 5.74) is 5.99. The molecule has 9 rings (SSSR count). The van der Waals surface area contributed by atoms with Crippen molar-refractivity contribution in [3.63, 3.8) is 0 Å². The number of ether oxygens (including phenoxy) is 2. The van der Waals surface area contributed by atoms with Gasteiger partial charge >= 0.3 is 17.9 Å². The lowest BCUT2D eigenvalue weighted by Crippen LogP contribution is -2.61. The summed E-state index contributed by atoms with van der Waals surface area (Å²) in [4.78, 5) is 184. The van der Waals surface area contributed by atoms with E-state index in [1.165, 1.54) is 57.7 Å². The largest absolute Gasteiger partial charge is 0.508 e. The summed E-state index contributed by atoms with van der Waals surface area (Å²) in [7, 11) is 0. The number of aliphatic hydroxyl groups is 1. The van der Waals surface area contributed by atoms with E-state index < -0.39 is 163 Å². The first-order valence-corrected chi connectivity index (χ1v) is 35.1. The number of nitrogens with one attached hydrogen (secondary N) is 6. The zero-order valence-corrected chi connectivity index (χ0v) is 58.0. The third-order valence-electron chi connectivity index (χ3n) is 19.1. The highest BCUT2D eigenvalue weighted by Crippen LogP contribution is 2.57. The van der Waals surface area contributed by atoms with Crippen LogP contribution < -0.4 is 42.4 Å². The predicted molar refractivity (Wildman–Crippen MR) is 369 cm³/mol. The van der Waals surface area contributed by atoms with Gasteiger partial charge in [0.2, 0.25) is 59.1 Å². The number of aliphatic hydroxyl groups excluding tert-OH is 1. The van der Waals surface area contributed by atoms with Crippen molar-refractivity contribution >= 4 is 100.0 Å². The van der Waals surface area contributed by atoms with E-state index >= 15 is 0 Å². The molecule has 6 aliphatic heterocycles. The van der Waals surface area contributed by atoms with E-state index in [1.807, 2.05) is 0 Å². The van der Waals surface area contributed by atoms with Crippen LogP contribution in [0, 0.1) is 0 Å². The number of phenols is 2. The fourth-order valence-electron chi connectivity index (χ4n) is 14.0. The molecular formula is C70H88N12O20S. The van der Waals surface area contributed by atoms with Crippen LogP contribution in [0.1, 0.15) is 150 Å². The average molecular weight is 1450 g/mol. The van der Waals surface area contributed by atoms with Crippen molar-refractivity contribution in [3.05, 3.63) is 89.0 Å². The SMILES string of the molecule is C[C@@H]1NC(=O)[C@H]([C@@H](C)O)NC(=O)[C@@H]2CCCN2C(=O)[C@H](CCC(=O)O)NC(=O)CN(C(=O)CCCCNC(=S)Nc2ccc3c(c2)C2(OC3=O)c3ccc(O)cc3Oc3cc(O)ccc32)CCCCC/C=C/CN(CC(=O)N[C@@H](CCC(=O)O)C(N)=O)C(=O)[C@@H]2CCCN2C(=O)[C@@H]2CCCN2C1=O. The lowest BCUT2D eigenvalue weighted by Gasteiger charge is -2.36. The zero-order valence-electron chi connectivity index (χ0n) is 57.2. The maximum atomic E-state index is 14.7. The third-order valence-corrected chi connectivity index (χ3v) is 19.4. The Labute approximate surface area is 598 Å². The van der Waals surface area contributed by atoms with Gasteiger partial charge in [0.1, 0.15) is 65.3 Å². The zero-order chi connectivity index (χ0) is 74.4. The molecular weight excluding hydrogens is 1360 g/mol. The molecule has 32 nitrogen and oxygen atoms in total. The number of nitrogens with two attached hydrogens (primary N) is 1. The Balaban J connectivity index is 0.902. The van der Waals surface area contributed by atoms with Crippen molar-refractivity contribution < 1.29 is 97.3 Å². The van der Waals surface area contributed by atoms with Crippen LogP contribution in [0.2, 0.25) is 0 Å².